The molecule has 146 valence electrons. The number of nitro benzene ring substituents is 1. The highest BCUT2D eigenvalue weighted by Gasteiger charge is 2.22. The molecule has 3 aromatic rings. The Morgan fingerprint density at radius 3 is 2.96 bits per heavy atom. The second-order valence-corrected chi connectivity index (χ2v) is 7.20. The van der Waals surface area contributed by atoms with E-state index in [4.69, 9.17) is 9.97 Å². The molecule has 1 atom stereocenters. The van der Waals surface area contributed by atoms with Crippen LogP contribution < -0.4 is 10.2 Å². The Balaban J connectivity index is 1.77. The Bertz CT molecular complexity index is 1020. The Morgan fingerprint density at radius 1 is 1.36 bits per heavy atom. The third-order valence-electron chi connectivity index (χ3n) is 5.05. The lowest BCUT2D eigenvalue weighted by atomic mass is 10.0. The molecule has 0 bridgehead atoms. The summed E-state index contributed by atoms with van der Waals surface area (Å²) in [5.74, 6) is 1.82. The Morgan fingerprint density at radius 2 is 2.21 bits per heavy atom. The van der Waals surface area contributed by atoms with Crippen LogP contribution in [0.4, 0.5) is 23.1 Å². The number of aryl methyl sites for hydroxylation is 1. The number of piperidine rings is 1. The van der Waals surface area contributed by atoms with Gasteiger partial charge in [0.1, 0.15) is 0 Å². The van der Waals surface area contributed by atoms with Gasteiger partial charge in [0.2, 0.25) is 5.95 Å². The van der Waals surface area contributed by atoms with Crippen LogP contribution in [0.1, 0.15) is 26.7 Å². The zero-order valence-electron chi connectivity index (χ0n) is 16.0. The van der Waals surface area contributed by atoms with Gasteiger partial charge in [0.15, 0.2) is 17.0 Å². The molecule has 1 unspecified atom stereocenters. The molecule has 0 spiro atoms. The van der Waals surface area contributed by atoms with E-state index in [9.17, 15) is 10.1 Å². The summed E-state index contributed by atoms with van der Waals surface area (Å²) in [6.45, 7) is 6.87. The minimum Gasteiger partial charge on any atom is -0.340 e. The number of nitrogens with zero attached hydrogens (tertiary/aromatic N) is 6. The van der Waals surface area contributed by atoms with E-state index in [0.29, 0.717) is 28.9 Å². The van der Waals surface area contributed by atoms with Crippen molar-refractivity contribution in [1.29, 1.82) is 0 Å². The fraction of sp³-hybridized carbons (Fsp3) is 0.421. The van der Waals surface area contributed by atoms with Crippen molar-refractivity contribution >= 4 is 34.3 Å². The lowest BCUT2D eigenvalue weighted by Gasteiger charge is -2.31. The van der Waals surface area contributed by atoms with Crippen molar-refractivity contribution < 1.29 is 4.92 Å². The van der Waals surface area contributed by atoms with E-state index in [1.54, 1.807) is 18.5 Å². The van der Waals surface area contributed by atoms with E-state index >= 15 is 0 Å². The Hall–Kier alpha value is -3.23. The largest absolute Gasteiger partial charge is 0.340 e. The predicted molar refractivity (Wildman–Crippen MR) is 108 cm³/mol. The van der Waals surface area contributed by atoms with E-state index in [1.807, 2.05) is 11.5 Å². The van der Waals surface area contributed by atoms with Crippen LogP contribution in [-0.2, 0) is 6.54 Å². The summed E-state index contributed by atoms with van der Waals surface area (Å²) >= 11 is 0. The van der Waals surface area contributed by atoms with Crippen molar-refractivity contribution in [3.8, 4) is 0 Å². The zero-order valence-corrected chi connectivity index (χ0v) is 16.0. The highest BCUT2D eigenvalue weighted by atomic mass is 16.6. The van der Waals surface area contributed by atoms with Crippen molar-refractivity contribution in [2.75, 3.05) is 23.3 Å². The molecular weight excluding hydrogens is 358 g/mol. The lowest BCUT2D eigenvalue weighted by Crippen LogP contribution is -2.35. The van der Waals surface area contributed by atoms with E-state index < -0.39 is 4.92 Å². The van der Waals surface area contributed by atoms with Gasteiger partial charge in [-0.25, -0.2) is 4.98 Å². The normalized spacial score (nSPS) is 17.1. The highest BCUT2D eigenvalue weighted by molar-refractivity contribution is 5.86. The predicted octanol–water partition coefficient (Wildman–Crippen LogP) is 3.73. The molecule has 1 N–H and O–H groups in total. The zero-order chi connectivity index (χ0) is 19.7. The third-order valence-corrected chi connectivity index (χ3v) is 5.05. The molecule has 28 heavy (non-hydrogen) atoms. The van der Waals surface area contributed by atoms with E-state index in [-0.39, 0.29) is 5.69 Å². The molecule has 0 radical (unpaired) electrons. The number of hydrogen-bond acceptors (Lipinski definition) is 7. The first-order valence-corrected chi connectivity index (χ1v) is 9.54. The summed E-state index contributed by atoms with van der Waals surface area (Å²) < 4.78 is 1.98. The number of nitro groups is 1. The summed E-state index contributed by atoms with van der Waals surface area (Å²) in [5.41, 5.74) is 2.04. The third kappa shape index (κ3) is 3.47. The summed E-state index contributed by atoms with van der Waals surface area (Å²) in [6.07, 6.45) is 4.08. The second kappa shape index (κ2) is 7.41. The molecule has 1 saturated heterocycles. The standard InChI is InChI=1S/C19H23N7O2/c1-3-24-12-20-16-17(21-14-7-4-8-15(10-14)26(27)28)22-19(23-18(16)24)25-9-5-6-13(2)11-25/h4,7-8,10,12-13H,3,5-6,9,11H2,1-2H3,(H,21,22,23). The molecule has 9 heteroatoms. The quantitative estimate of drug-likeness (QED) is 0.530. The first-order chi connectivity index (χ1) is 13.5. The molecular formula is C19H23N7O2. The maximum Gasteiger partial charge on any atom is 0.271 e. The smallest absolute Gasteiger partial charge is 0.271 e. The molecule has 1 aliphatic rings. The van der Waals surface area contributed by atoms with Gasteiger partial charge in [-0.3, -0.25) is 10.1 Å². The van der Waals surface area contributed by atoms with Crippen LogP contribution in [0.3, 0.4) is 0 Å². The molecule has 4 rings (SSSR count). The van der Waals surface area contributed by atoms with Gasteiger partial charge in [-0.2, -0.15) is 9.97 Å². The van der Waals surface area contributed by atoms with Crippen LogP contribution in [0.15, 0.2) is 30.6 Å². The van der Waals surface area contributed by atoms with Crippen molar-refractivity contribution in [3.63, 3.8) is 0 Å². The first kappa shape index (κ1) is 18.1. The number of nitrogens with one attached hydrogen (secondary N) is 1. The van der Waals surface area contributed by atoms with Gasteiger partial charge >= 0.3 is 0 Å². The SMILES string of the molecule is CCn1cnc2c(Nc3cccc([N+](=O)[O-])c3)nc(N3CCCC(C)C3)nc21. The van der Waals surface area contributed by atoms with Gasteiger partial charge in [-0.05, 0) is 31.7 Å². The van der Waals surface area contributed by atoms with Gasteiger partial charge < -0.3 is 14.8 Å². The summed E-state index contributed by atoms with van der Waals surface area (Å²) in [6, 6.07) is 6.39. The molecule has 0 aliphatic carbocycles. The van der Waals surface area contributed by atoms with Crippen LogP contribution in [0.2, 0.25) is 0 Å². The maximum absolute atomic E-state index is 11.1. The van der Waals surface area contributed by atoms with Gasteiger partial charge in [0.25, 0.3) is 5.69 Å². The topological polar surface area (TPSA) is 102 Å². The monoisotopic (exact) mass is 381 g/mol. The fourth-order valence-corrected chi connectivity index (χ4v) is 3.60. The minimum atomic E-state index is -0.410. The minimum absolute atomic E-state index is 0.0273. The molecule has 0 amide bonds. The number of aromatic nitrogens is 4. The summed E-state index contributed by atoms with van der Waals surface area (Å²) in [5, 5.41) is 14.3. The number of imidazole rings is 1. The van der Waals surface area contributed by atoms with Crippen LogP contribution in [-0.4, -0.2) is 37.5 Å². The van der Waals surface area contributed by atoms with Crippen LogP contribution >= 0.6 is 0 Å². The number of rotatable bonds is 5. The Labute approximate surface area is 162 Å². The number of fused-ring (bicyclic) bond motifs is 1. The molecule has 9 nitrogen and oxygen atoms in total. The fourth-order valence-electron chi connectivity index (χ4n) is 3.60. The molecule has 3 heterocycles. The molecule has 1 aromatic carbocycles. The maximum atomic E-state index is 11.1. The number of non-ortho nitro benzene ring substituents is 1. The van der Waals surface area contributed by atoms with Gasteiger partial charge in [0.05, 0.1) is 11.3 Å². The molecule has 1 fully saturated rings. The van der Waals surface area contributed by atoms with Crippen LogP contribution in [0.25, 0.3) is 11.2 Å². The first-order valence-electron chi connectivity index (χ1n) is 9.54. The van der Waals surface area contributed by atoms with Gasteiger partial charge in [0, 0.05) is 37.5 Å². The van der Waals surface area contributed by atoms with Crippen molar-refractivity contribution in [2.45, 2.75) is 33.2 Å². The summed E-state index contributed by atoms with van der Waals surface area (Å²) in [7, 11) is 0. The average Bonchev–Trinajstić information content (AvgIpc) is 3.11. The lowest BCUT2D eigenvalue weighted by molar-refractivity contribution is -0.384. The number of hydrogen-bond donors (Lipinski definition) is 1. The van der Waals surface area contributed by atoms with E-state index in [1.165, 1.54) is 18.6 Å². The van der Waals surface area contributed by atoms with Crippen molar-refractivity contribution in [2.24, 2.45) is 5.92 Å². The summed E-state index contributed by atoms with van der Waals surface area (Å²) in [4.78, 5) is 26.9. The number of anilines is 3. The van der Waals surface area contributed by atoms with Crippen molar-refractivity contribution in [3.05, 3.63) is 40.7 Å². The van der Waals surface area contributed by atoms with Crippen molar-refractivity contribution in [1.82, 2.24) is 19.5 Å². The number of benzene rings is 1. The average molecular weight is 381 g/mol. The van der Waals surface area contributed by atoms with Gasteiger partial charge in [-0.1, -0.05) is 13.0 Å². The molecule has 1 aliphatic heterocycles. The highest BCUT2D eigenvalue weighted by Crippen LogP contribution is 2.28. The van der Waals surface area contributed by atoms with Gasteiger partial charge in [-0.15, -0.1) is 0 Å². The van der Waals surface area contributed by atoms with Crippen LogP contribution in [0, 0.1) is 16.0 Å². The Kier molecular flexibility index (Phi) is 4.81. The van der Waals surface area contributed by atoms with E-state index in [0.717, 1.165) is 31.7 Å². The molecule has 2 aromatic heterocycles. The second-order valence-electron chi connectivity index (χ2n) is 7.20. The van der Waals surface area contributed by atoms with Crippen LogP contribution in [0.5, 0.6) is 0 Å². The molecule has 0 saturated carbocycles. The van der Waals surface area contributed by atoms with E-state index in [2.05, 4.69) is 22.1 Å².